The number of likely N-dealkylation sites (tertiary alicyclic amines) is 2. The molecule has 0 unspecified atom stereocenters. The zero-order chi connectivity index (χ0) is 16.9. The monoisotopic (exact) mass is 329 g/mol. The van der Waals surface area contributed by atoms with Gasteiger partial charge in [0.15, 0.2) is 0 Å². The van der Waals surface area contributed by atoms with E-state index in [2.05, 4.69) is 15.9 Å². The molecule has 3 rings (SSSR count). The first-order valence-electron chi connectivity index (χ1n) is 8.90. The van der Waals surface area contributed by atoms with Crippen LogP contribution in [0.15, 0.2) is 24.3 Å². The first-order chi connectivity index (χ1) is 11.7. The van der Waals surface area contributed by atoms with Crippen molar-refractivity contribution in [3.05, 3.63) is 35.4 Å². The van der Waals surface area contributed by atoms with Crippen LogP contribution in [0.4, 0.5) is 0 Å². The van der Waals surface area contributed by atoms with Crippen LogP contribution in [0, 0.1) is 23.2 Å². The zero-order valence-corrected chi connectivity index (χ0v) is 14.1. The van der Waals surface area contributed by atoms with Gasteiger partial charge in [0.2, 0.25) is 0 Å². The lowest BCUT2D eigenvalue weighted by atomic mass is 9.95. The van der Waals surface area contributed by atoms with E-state index in [9.17, 15) is 10.2 Å². The second kappa shape index (κ2) is 8.09. The maximum absolute atomic E-state index is 9.74. The Morgan fingerprint density at radius 1 is 1.04 bits per heavy atom. The van der Waals surface area contributed by atoms with Gasteiger partial charge in [0, 0.05) is 45.9 Å². The van der Waals surface area contributed by atoms with Crippen molar-refractivity contribution in [3.63, 3.8) is 0 Å². The molecule has 5 heteroatoms. The third-order valence-electron chi connectivity index (χ3n) is 5.43. The minimum Gasteiger partial charge on any atom is -0.396 e. The highest BCUT2D eigenvalue weighted by Crippen LogP contribution is 2.26. The van der Waals surface area contributed by atoms with E-state index in [0.29, 0.717) is 17.4 Å². The summed E-state index contributed by atoms with van der Waals surface area (Å²) in [5.41, 5.74) is 1.91. The van der Waals surface area contributed by atoms with Crippen LogP contribution < -0.4 is 0 Å². The highest BCUT2D eigenvalue weighted by Gasteiger charge is 2.33. The van der Waals surface area contributed by atoms with Gasteiger partial charge in [-0.05, 0) is 42.4 Å². The molecular formula is C19H27N3O2. The third-order valence-corrected chi connectivity index (χ3v) is 5.43. The summed E-state index contributed by atoms with van der Waals surface area (Å²) >= 11 is 0. The maximum atomic E-state index is 9.74. The molecule has 2 aliphatic heterocycles. The summed E-state index contributed by atoms with van der Waals surface area (Å²) in [6.45, 7) is 5.99. The van der Waals surface area contributed by atoms with Crippen LogP contribution >= 0.6 is 0 Å². The van der Waals surface area contributed by atoms with Gasteiger partial charge in [0.1, 0.15) is 0 Å². The van der Waals surface area contributed by atoms with Crippen molar-refractivity contribution in [2.45, 2.75) is 25.5 Å². The molecule has 0 aliphatic carbocycles. The smallest absolute Gasteiger partial charge is 0.0991 e. The number of hydrogen-bond donors (Lipinski definition) is 2. The summed E-state index contributed by atoms with van der Waals surface area (Å²) in [7, 11) is 0. The van der Waals surface area contributed by atoms with E-state index in [0.717, 1.165) is 52.1 Å². The lowest BCUT2D eigenvalue weighted by Gasteiger charge is -2.32. The Morgan fingerprint density at radius 2 is 1.71 bits per heavy atom. The van der Waals surface area contributed by atoms with Crippen LogP contribution in [0.25, 0.3) is 0 Å². The Hall–Kier alpha value is -1.45. The molecule has 0 bridgehead atoms. The lowest BCUT2D eigenvalue weighted by molar-refractivity contribution is 0.0684. The van der Waals surface area contributed by atoms with Crippen LogP contribution in [0.3, 0.4) is 0 Å². The van der Waals surface area contributed by atoms with Gasteiger partial charge in [0.25, 0.3) is 0 Å². The molecule has 1 aromatic carbocycles. The van der Waals surface area contributed by atoms with Crippen molar-refractivity contribution >= 4 is 0 Å². The number of piperidine rings is 1. The molecule has 0 aromatic heterocycles. The van der Waals surface area contributed by atoms with Gasteiger partial charge in [-0.2, -0.15) is 5.26 Å². The standard InChI is InChI=1S/C19H27N3O2/c20-9-15-1-3-16(4-2-15)10-22-12-17(18(13-22)14-23)11-21-7-5-19(24)6-8-21/h1-4,17-19,23-24H,5-8,10-14H2/t17-,18-/m1/s1. The first kappa shape index (κ1) is 17.4. The van der Waals surface area contributed by atoms with Gasteiger partial charge in [-0.3, -0.25) is 4.90 Å². The van der Waals surface area contributed by atoms with Gasteiger partial charge in [-0.1, -0.05) is 12.1 Å². The topological polar surface area (TPSA) is 70.7 Å². The SMILES string of the molecule is N#Cc1ccc(CN2C[C@@H](CN3CCC(O)CC3)[C@@H](CO)C2)cc1. The lowest BCUT2D eigenvalue weighted by Crippen LogP contribution is -2.40. The number of rotatable bonds is 5. The van der Waals surface area contributed by atoms with Crippen molar-refractivity contribution in [3.8, 4) is 6.07 Å². The van der Waals surface area contributed by atoms with Gasteiger partial charge < -0.3 is 15.1 Å². The Kier molecular flexibility index (Phi) is 5.85. The van der Waals surface area contributed by atoms with Gasteiger partial charge in [-0.25, -0.2) is 0 Å². The molecule has 24 heavy (non-hydrogen) atoms. The average molecular weight is 329 g/mol. The fraction of sp³-hybridized carbons (Fsp3) is 0.632. The Balaban J connectivity index is 1.54. The molecule has 0 saturated carbocycles. The highest BCUT2D eigenvalue weighted by molar-refractivity contribution is 5.31. The molecule has 0 amide bonds. The second-order valence-corrected chi connectivity index (χ2v) is 7.24. The van der Waals surface area contributed by atoms with E-state index >= 15 is 0 Å². The minimum absolute atomic E-state index is 0.133. The van der Waals surface area contributed by atoms with Crippen LogP contribution in [0.5, 0.6) is 0 Å². The van der Waals surface area contributed by atoms with Gasteiger partial charge in [0.05, 0.1) is 17.7 Å². The van der Waals surface area contributed by atoms with E-state index in [1.807, 2.05) is 24.3 Å². The van der Waals surface area contributed by atoms with E-state index in [-0.39, 0.29) is 12.7 Å². The molecule has 2 fully saturated rings. The van der Waals surface area contributed by atoms with E-state index < -0.39 is 0 Å². The summed E-state index contributed by atoms with van der Waals surface area (Å²) in [6, 6.07) is 9.92. The molecule has 0 radical (unpaired) electrons. The second-order valence-electron chi connectivity index (χ2n) is 7.24. The Morgan fingerprint density at radius 3 is 2.33 bits per heavy atom. The van der Waals surface area contributed by atoms with E-state index in [4.69, 9.17) is 5.26 Å². The van der Waals surface area contributed by atoms with Crippen molar-refractivity contribution in [2.24, 2.45) is 11.8 Å². The van der Waals surface area contributed by atoms with Crippen LogP contribution in [-0.2, 0) is 6.54 Å². The predicted molar refractivity (Wildman–Crippen MR) is 92.2 cm³/mol. The number of nitriles is 1. The molecule has 130 valence electrons. The van der Waals surface area contributed by atoms with Crippen LogP contribution in [0.2, 0.25) is 0 Å². The third kappa shape index (κ3) is 4.34. The largest absolute Gasteiger partial charge is 0.396 e. The summed E-state index contributed by atoms with van der Waals surface area (Å²) in [6.07, 6.45) is 1.60. The summed E-state index contributed by atoms with van der Waals surface area (Å²) in [5, 5.41) is 28.3. The fourth-order valence-corrected chi connectivity index (χ4v) is 3.96. The molecule has 2 aliphatic rings. The fourth-order valence-electron chi connectivity index (χ4n) is 3.96. The zero-order valence-electron chi connectivity index (χ0n) is 14.1. The van der Waals surface area contributed by atoms with Gasteiger partial charge >= 0.3 is 0 Å². The molecule has 2 atom stereocenters. The number of nitrogens with zero attached hydrogens (tertiary/aromatic N) is 3. The van der Waals surface area contributed by atoms with E-state index in [1.54, 1.807) is 0 Å². The maximum Gasteiger partial charge on any atom is 0.0991 e. The van der Waals surface area contributed by atoms with Crippen molar-refractivity contribution < 1.29 is 10.2 Å². The number of benzene rings is 1. The summed E-state index contributed by atoms with van der Waals surface area (Å²) < 4.78 is 0. The van der Waals surface area contributed by atoms with Crippen LogP contribution in [0.1, 0.15) is 24.0 Å². The number of aliphatic hydroxyl groups excluding tert-OH is 2. The highest BCUT2D eigenvalue weighted by atomic mass is 16.3. The minimum atomic E-state index is -0.133. The molecule has 2 saturated heterocycles. The van der Waals surface area contributed by atoms with Crippen molar-refractivity contribution in [1.82, 2.24) is 9.80 Å². The molecule has 1 aromatic rings. The van der Waals surface area contributed by atoms with Gasteiger partial charge in [-0.15, -0.1) is 0 Å². The predicted octanol–water partition coefficient (Wildman–Crippen LogP) is 1.06. The Bertz CT molecular complexity index is 561. The molecule has 2 heterocycles. The first-order valence-corrected chi connectivity index (χ1v) is 8.90. The molecule has 0 spiro atoms. The van der Waals surface area contributed by atoms with Crippen molar-refractivity contribution in [1.29, 1.82) is 5.26 Å². The normalized spacial score (nSPS) is 26.5. The molecule has 5 nitrogen and oxygen atoms in total. The molecular weight excluding hydrogens is 302 g/mol. The quantitative estimate of drug-likeness (QED) is 0.845. The number of hydrogen-bond acceptors (Lipinski definition) is 5. The van der Waals surface area contributed by atoms with Crippen molar-refractivity contribution in [2.75, 3.05) is 39.3 Å². The average Bonchev–Trinajstić information content (AvgIpc) is 2.99. The summed E-state index contributed by atoms with van der Waals surface area (Å²) in [5.74, 6) is 0.818. The molecule has 2 N–H and O–H groups in total. The van der Waals surface area contributed by atoms with Crippen LogP contribution in [-0.4, -0.2) is 65.4 Å². The Labute approximate surface area is 144 Å². The van der Waals surface area contributed by atoms with E-state index in [1.165, 1.54) is 5.56 Å². The summed E-state index contributed by atoms with van der Waals surface area (Å²) in [4.78, 5) is 4.84. The number of aliphatic hydroxyl groups is 2.